The number of thioether (sulfide) groups is 1. The van der Waals surface area contributed by atoms with E-state index < -0.39 is 0 Å². The molecule has 2 aliphatic heterocycles. The maximum Gasteiger partial charge on any atom is 0.228 e. The van der Waals surface area contributed by atoms with E-state index in [1.54, 1.807) is 18.1 Å². The number of ketones is 1. The number of hydrogen-bond donors (Lipinski definition) is 0. The first-order chi connectivity index (χ1) is 16.9. The molecular weight excluding hydrogens is 462 g/mol. The third-order valence-electron chi connectivity index (χ3n) is 6.95. The third-order valence-corrected chi connectivity index (χ3v) is 8.03. The van der Waals surface area contributed by atoms with Gasteiger partial charge in [0.25, 0.3) is 0 Å². The van der Waals surface area contributed by atoms with Gasteiger partial charge in [-0.15, -0.1) is 10.2 Å². The Balaban J connectivity index is 1.36. The fourth-order valence-electron chi connectivity index (χ4n) is 4.84. The minimum Gasteiger partial charge on any atom is -0.467 e. The quantitative estimate of drug-likeness (QED) is 0.356. The van der Waals surface area contributed by atoms with Gasteiger partial charge in [-0.25, -0.2) is 0 Å². The molecule has 1 aromatic carbocycles. The fraction of sp³-hybridized carbons (Fsp3) is 0.462. The molecule has 184 valence electrons. The number of furan rings is 1. The van der Waals surface area contributed by atoms with Gasteiger partial charge in [-0.2, -0.15) is 0 Å². The second-order valence-corrected chi connectivity index (χ2v) is 10.8. The minimum atomic E-state index is -0.341. The van der Waals surface area contributed by atoms with E-state index in [1.165, 1.54) is 11.8 Å². The number of aromatic nitrogens is 3. The van der Waals surface area contributed by atoms with Gasteiger partial charge in [0.2, 0.25) is 11.9 Å². The maximum atomic E-state index is 13.3. The fourth-order valence-corrected chi connectivity index (χ4v) is 5.76. The van der Waals surface area contributed by atoms with E-state index in [1.807, 2.05) is 37.3 Å². The summed E-state index contributed by atoms with van der Waals surface area (Å²) < 4.78 is 7.68. The number of Topliss-reactive ketones (excluding diaryl/α,β-unsaturated/α-hetero) is 1. The van der Waals surface area contributed by atoms with Crippen molar-refractivity contribution in [2.24, 2.45) is 5.92 Å². The summed E-state index contributed by atoms with van der Waals surface area (Å²) >= 11 is 1.43. The summed E-state index contributed by atoms with van der Waals surface area (Å²) in [5.41, 5.74) is 2.62. The van der Waals surface area contributed by atoms with E-state index in [0.29, 0.717) is 29.7 Å². The second-order valence-electron chi connectivity index (χ2n) is 9.51. The molecule has 0 radical (unpaired) electrons. The first-order valence-corrected chi connectivity index (χ1v) is 13.1. The summed E-state index contributed by atoms with van der Waals surface area (Å²) in [5.74, 6) is 2.44. The number of amides is 1. The molecule has 9 heteroatoms. The topological polar surface area (TPSA) is 84.5 Å². The lowest BCUT2D eigenvalue weighted by Gasteiger charge is -2.31. The Morgan fingerprint density at radius 1 is 1.17 bits per heavy atom. The molecule has 1 atom stereocenters. The van der Waals surface area contributed by atoms with Crippen molar-refractivity contribution in [3.8, 4) is 0 Å². The van der Waals surface area contributed by atoms with E-state index in [2.05, 4.69) is 26.6 Å². The highest BCUT2D eigenvalue weighted by molar-refractivity contribution is 8.00. The van der Waals surface area contributed by atoms with Gasteiger partial charge in [0.05, 0.1) is 18.1 Å². The van der Waals surface area contributed by atoms with Crippen molar-refractivity contribution in [1.29, 1.82) is 0 Å². The highest BCUT2D eigenvalue weighted by Crippen LogP contribution is 2.33. The van der Waals surface area contributed by atoms with Crippen molar-refractivity contribution >= 4 is 35.1 Å². The highest BCUT2D eigenvalue weighted by atomic mass is 32.2. The number of benzene rings is 1. The van der Waals surface area contributed by atoms with Crippen LogP contribution in [0.25, 0.3) is 0 Å². The first-order valence-electron chi connectivity index (χ1n) is 12.2. The summed E-state index contributed by atoms with van der Waals surface area (Å²) in [6.07, 6.45) is 4.70. The van der Waals surface area contributed by atoms with Crippen LogP contribution in [0, 0.1) is 5.92 Å². The maximum absolute atomic E-state index is 13.3. The standard InChI is InChI=1S/C26H31N5O3S/c1-17-8-11-29(12-9-17)25-27-28-26(31(25)16-22-5-4-14-34-22)35-18(2)24(33)21-6-7-23-20(15-21)10-13-30(23)19(3)32/h4-7,14-15,17-18H,8-13,16H2,1-3H3/t18-/m1/s1. The zero-order valence-electron chi connectivity index (χ0n) is 20.4. The van der Waals surface area contributed by atoms with E-state index in [0.717, 1.165) is 55.3 Å². The van der Waals surface area contributed by atoms with E-state index >= 15 is 0 Å². The lowest BCUT2D eigenvalue weighted by Crippen LogP contribution is -2.35. The van der Waals surface area contributed by atoms with Crippen molar-refractivity contribution < 1.29 is 14.0 Å². The lowest BCUT2D eigenvalue weighted by atomic mass is 10.00. The number of nitrogens with zero attached hydrogens (tertiary/aromatic N) is 5. The molecule has 0 saturated carbocycles. The summed E-state index contributed by atoms with van der Waals surface area (Å²) in [4.78, 5) is 29.2. The van der Waals surface area contributed by atoms with Crippen molar-refractivity contribution in [3.05, 3.63) is 53.5 Å². The molecule has 2 aromatic heterocycles. The van der Waals surface area contributed by atoms with Crippen molar-refractivity contribution in [3.63, 3.8) is 0 Å². The van der Waals surface area contributed by atoms with Gasteiger partial charge in [0.15, 0.2) is 10.9 Å². The number of rotatable bonds is 7. The molecule has 5 rings (SSSR count). The highest BCUT2D eigenvalue weighted by Gasteiger charge is 2.28. The number of carbonyl (C=O) groups excluding carboxylic acids is 2. The molecule has 0 bridgehead atoms. The normalized spacial score (nSPS) is 17.0. The average molecular weight is 494 g/mol. The van der Waals surface area contributed by atoms with Crippen LogP contribution in [0.15, 0.2) is 46.2 Å². The number of piperidine rings is 1. The van der Waals surface area contributed by atoms with Gasteiger partial charge < -0.3 is 14.2 Å². The molecule has 1 saturated heterocycles. The molecule has 0 aliphatic carbocycles. The van der Waals surface area contributed by atoms with Crippen molar-refractivity contribution in [1.82, 2.24) is 14.8 Å². The summed E-state index contributed by atoms with van der Waals surface area (Å²) in [6.45, 7) is 8.85. The molecule has 35 heavy (non-hydrogen) atoms. The molecule has 4 heterocycles. The van der Waals surface area contributed by atoms with Crippen LogP contribution in [0.2, 0.25) is 0 Å². The Hall–Kier alpha value is -3.07. The molecule has 1 fully saturated rings. The molecule has 8 nitrogen and oxygen atoms in total. The summed E-state index contributed by atoms with van der Waals surface area (Å²) in [7, 11) is 0. The molecule has 0 unspecified atom stereocenters. The van der Waals surface area contributed by atoms with E-state index in [4.69, 9.17) is 4.42 Å². The molecular formula is C26H31N5O3S. The zero-order chi connectivity index (χ0) is 24.5. The van der Waals surface area contributed by atoms with Crippen LogP contribution in [-0.4, -0.2) is 51.3 Å². The van der Waals surface area contributed by atoms with Crippen LogP contribution in [0.1, 0.15) is 55.3 Å². The molecule has 3 aromatic rings. The Morgan fingerprint density at radius 2 is 1.97 bits per heavy atom. The average Bonchev–Trinajstić information content (AvgIpc) is 3.60. The number of anilines is 2. The molecule has 0 spiro atoms. The zero-order valence-corrected chi connectivity index (χ0v) is 21.3. The summed E-state index contributed by atoms with van der Waals surface area (Å²) in [5, 5.41) is 9.39. The Bertz CT molecular complexity index is 1210. The van der Waals surface area contributed by atoms with Crippen molar-refractivity contribution in [2.45, 2.75) is 57.0 Å². The third kappa shape index (κ3) is 4.87. The lowest BCUT2D eigenvalue weighted by molar-refractivity contribution is -0.116. The van der Waals surface area contributed by atoms with Gasteiger partial charge in [-0.3, -0.25) is 14.2 Å². The predicted octanol–water partition coefficient (Wildman–Crippen LogP) is 4.43. The molecule has 2 aliphatic rings. The Kier molecular flexibility index (Phi) is 6.69. The van der Waals surface area contributed by atoms with E-state index in [-0.39, 0.29) is 16.9 Å². The van der Waals surface area contributed by atoms with Crippen LogP contribution in [0.4, 0.5) is 11.6 Å². The monoisotopic (exact) mass is 493 g/mol. The number of carbonyl (C=O) groups is 2. The van der Waals surface area contributed by atoms with Gasteiger partial charge in [-0.05, 0) is 68.0 Å². The predicted molar refractivity (Wildman–Crippen MR) is 136 cm³/mol. The minimum absolute atomic E-state index is 0.0293. The smallest absolute Gasteiger partial charge is 0.228 e. The van der Waals surface area contributed by atoms with Crippen LogP contribution in [-0.2, 0) is 17.8 Å². The van der Waals surface area contributed by atoms with Gasteiger partial charge in [0, 0.05) is 37.8 Å². The van der Waals surface area contributed by atoms with Crippen LogP contribution in [0.5, 0.6) is 0 Å². The summed E-state index contributed by atoms with van der Waals surface area (Å²) in [6, 6.07) is 9.48. The second kappa shape index (κ2) is 9.89. The first kappa shape index (κ1) is 23.7. The van der Waals surface area contributed by atoms with Gasteiger partial charge in [0.1, 0.15) is 5.76 Å². The SMILES string of the molecule is CC(=O)N1CCc2cc(C(=O)[C@@H](C)Sc3nnc(N4CCC(C)CC4)n3Cc3ccco3)ccc21. The van der Waals surface area contributed by atoms with Crippen LogP contribution >= 0.6 is 11.8 Å². The number of hydrogen-bond acceptors (Lipinski definition) is 7. The Morgan fingerprint density at radius 3 is 2.69 bits per heavy atom. The van der Waals surface area contributed by atoms with Crippen molar-refractivity contribution in [2.75, 3.05) is 29.4 Å². The molecule has 0 N–H and O–H groups in total. The Labute approximate surface area is 209 Å². The number of fused-ring (bicyclic) bond motifs is 1. The van der Waals surface area contributed by atoms with Gasteiger partial charge in [-0.1, -0.05) is 18.7 Å². The van der Waals surface area contributed by atoms with Gasteiger partial charge >= 0.3 is 0 Å². The van der Waals surface area contributed by atoms with Crippen LogP contribution in [0.3, 0.4) is 0 Å². The van der Waals surface area contributed by atoms with Crippen LogP contribution < -0.4 is 9.80 Å². The van der Waals surface area contributed by atoms with E-state index in [9.17, 15) is 9.59 Å². The largest absolute Gasteiger partial charge is 0.467 e. The molecule has 1 amide bonds.